The Hall–Kier alpha value is -2.86. The van der Waals surface area contributed by atoms with E-state index in [0.29, 0.717) is 0 Å². The predicted octanol–water partition coefficient (Wildman–Crippen LogP) is 6.26. The first-order valence-electron chi connectivity index (χ1n) is 8.44. The molecule has 24 heavy (non-hydrogen) atoms. The summed E-state index contributed by atoms with van der Waals surface area (Å²) >= 11 is 0. The molecule has 2 aliphatic carbocycles. The van der Waals surface area contributed by atoms with E-state index in [1.807, 2.05) is 0 Å². The molecule has 0 atom stereocenters. The number of hydrogen-bond donors (Lipinski definition) is 0. The van der Waals surface area contributed by atoms with E-state index in [4.69, 9.17) is 0 Å². The van der Waals surface area contributed by atoms with Crippen molar-refractivity contribution in [1.29, 1.82) is 0 Å². The maximum atomic E-state index is 2.35. The molecule has 0 heteroatoms. The number of allylic oxidation sites excluding steroid dienone is 9. The van der Waals surface area contributed by atoms with Gasteiger partial charge in [-0.1, -0.05) is 85.0 Å². The highest BCUT2D eigenvalue weighted by atomic mass is 14.2. The van der Waals surface area contributed by atoms with Gasteiger partial charge in [0.15, 0.2) is 0 Å². The van der Waals surface area contributed by atoms with Gasteiger partial charge in [-0.3, -0.25) is 0 Å². The first-order chi connectivity index (χ1) is 11.8. The summed E-state index contributed by atoms with van der Waals surface area (Å²) in [6, 6.07) is 21.4. The van der Waals surface area contributed by atoms with Crippen molar-refractivity contribution in [3.05, 3.63) is 124 Å². The summed E-state index contributed by atoms with van der Waals surface area (Å²) in [7, 11) is 0. The Morgan fingerprint density at radius 2 is 1.42 bits per heavy atom. The van der Waals surface area contributed by atoms with Crippen LogP contribution in [0.2, 0.25) is 0 Å². The lowest BCUT2D eigenvalue weighted by molar-refractivity contribution is 1.25. The normalized spacial score (nSPS) is 16.0. The van der Waals surface area contributed by atoms with E-state index in [9.17, 15) is 0 Å². The Balaban J connectivity index is 1.89. The molecule has 0 bridgehead atoms. The van der Waals surface area contributed by atoms with E-state index in [0.717, 1.165) is 6.42 Å². The van der Waals surface area contributed by atoms with Crippen LogP contribution in [0.3, 0.4) is 0 Å². The SMILES string of the molecule is CC1=CC(=C(c2ccccc2)c2ccccc2)C=C1C1=CC=CC1. The van der Waals surface area contributed by atoms with Gasteiger partial charge in [-0.05, 0) is 58.4 Å². The Bertz CT molecular complexity index is 860. The van der Waals surface area contributed by atoms with Crippen LogP contribution in [0.25, 0.3) is 5.57 Å². The van der Waals surface area contributed by atoms with Gasteiger partial charge in [0.1, 0.15) is 0 Å². The molecule has 2 aromatic rings. The zero-order valence-electron chi connectivity index (χ0n) is 13.9. The van der Waals surface area contributed by atoms with Crippen LogP contribution in [0.5, 0.6) is 0 Å². The second kappa shape index (κ2) is 6.33. The highest BCUT2D eigenvalue weighted by Gasteiger charge is 2.18. The van der Waals surface area contributed by atoms with E-state index in [2.05, 4.69) is 98.0 Å². The lowest BCUT2D eigenvalue weighted by Gasteiger charge is -2.11. The first kappa shape index (κ1) is 14.7. The molecule has 0 aliphatic heterocycles. The minimum Gasteiger partial charge on any atom is -0.0801 e. The molecule has 0 fully saturated rings. The average molecular weight is 308 g/mol. The fourth-order valence-corrected chi connectivity index (χ4v) is 3.47. The first-order valence-corrected chi connectivity index (χ1v) is 8.44. The Morgan fingerprint density at radius 3 is 1.96 bits per heavy atom. The quantitative estimate of drug-likeness (QED) is 0.627. The Labute approximate surface area is 143 Å². The smallest absolute Gasteiger partial charge is 0.00385 e. The maximum absolute atomic E-state index is 2.35. The third kappa shape index (κ3) is 2.72. The monoisotopic (exact) mass is 308 g/mol. The van der Waals surface area contributed by atoms with Gasteiger partial charge in [0.25, 0.3) is 0 Å². The predicted molar refractivity (Wildman–Crippen MR) is 103 cm³/mol. The molecule has 116 valence electrons. The second-order valence-corrected chi connectivity index (χ2v) is 6.27. The molecular weight excluding hydrogens is 288 g/mol. The standard InChI is InChI=1S/C24H20/c1-18-16-22(17-23(18)19-10-8-9-11-19)24(20-12-4-2-5-13-20)21-14-6-3-7-15-21/h2-10,12-17H,11H2,1H3. The topological polar surface area (TPSA) is 0 Å². The van der Waals surface area contributed by atoms with E-state index < -0.39 is 0 Å². The highest BCUT2D eigenvalue weighted by molar-refractivity contribution is 5.87. The van der Waals surface area contributed by atoms with Crippen LogP contribution in [0.15, 0.2) is 113 Å². The van der Waals surface area contributed by atoms with Crippen molar-refractivity contribution in [1.82, 2.24) is 0 Å². The van der Waals surface area contributed by atoms with Crippen LogP contribution >= 0.6 is 0 Å². The van der Waals surface area contributed by atoms with Crippen molar-refractivity contribution in [3.63, 3.8) is 0 Å². The van der Waals surface area contributed by atoms with Gasteiger partial charge in [0, 0.05) is 0 Å². The van der Waals surface area contributed by atoms with Crippen molar-refractivity contribution in [2.75, 3.05) is 0 Å². The van der Waals surface area contributed by atoms with E-state index >= 15 is 0 Å². The third-order valence-corrected chi connectivity index (χ3v) is 4.63. The van der Waals surface area contributed by atoms with E-state index in [1.165, 1.54) is 39.0 Å². The van der Waals surface area contributed by atoms with Crippen LogP contribution in [-0.4, -0.2) is 0 Å². The van der Waals surface area contributed by atoms with Gasteiger partial charge < -0.3 is 0 Å². The van der Waals surface area contributed by atoms with Crippen LogP contribution < -0.4 is 0 Å². The lowest BCUT2D eigenvalue weighted by atomic mass is 9.93. The van der Waals surface area contributed by atoms with Crippen LogP contribution in [0.4, 0.5) is 0 Å². The minimum absolute atomic E-state index is 1.04. The largest absolute Gasteiger partial charge is 0.0801 e. The molecule has 2 aliphatic rings. The average Bonchev–Trinajstić information content (AvgIpc) is 3.27. The molecule has 0 saturated carbocycles. The van der Waals surface area contributed by atoms with Crippen molar-refractivity contribution < 1.29 is 0 Å². The lowest BCUT2D eigenvalue weighted by Crippen LogP contribution is -1.91. The molecule has 0 saturated heterocycles. The molecule has 0 unspecified atom stereocenters. The van der Waals surface area contributed by atoms with Gasteiger partial charge in [-0.15, -0.1) is 0 Å². The summed E-state index contributed by atoms with van der Waals surface area (Å²) in [5.74, 6) is 0. The summed E-state index contributed by atoms with van der Waals surface area (Å²) in [4.78, 5) is 0. The molecular formula is C24H20. The molecule has 0 aromatic heterocycles. The van der Waals surface area contributed by atoms with Gasteiger partial charge >= 0.3 is 0 Å². The molecule has 0 N–H and O–H groups in total. The van der Waals surface area contributed by atoms with Crippen LogP contribution in [0, 0.1) is 0 Å². The zero-order chi connectivity index (χ0) is 16.4. The number of benzene rings is 2. The highest BCUT2D eigenvalue weighted by Crippen LogP contribution is 2.37. The van der Waals surface area contributed by atoms with E-state index in [1.54, 1.807) is 0 Å². The molecule has 0 heterocycles. The fourth-order valence-electron chi connectivity index (χ4n) is 3.47. The van der Waals surface area contributed by atoms with Crippen molar-refractivity contribution in [3.8, 4) is 0 Å². The molecule has 0 nitrogen and oxygen atoms in total. The van der Waals surface area contributed by atoms with E-state index in [-0.39, 0.29) is 0 Å². The summed E-state index contributed by atoms with van der Waals surface area (Å²) in [6.07, 6.45) is 12.3. The maximum Gasteiger partial charge on any atom is -0.00385 e. The molecule has 0 spiro atoms. The van der Waals surface area contributed by atoms with Gasteiger partial charge in [-0.2, -0.15) is 0 Å². The summed E-state index contributed by atoms with van der Waals surface area (Å²) in [5, 5.41) is 0. The minimum atomic E-state index is 1.04. The van der Waals surface area contributed by atoms with Gasteiger partial charge in [0.05, 0.1) is 0 Å². The third-order valence-electron chi connectivity index (χ3n) is 4.63. The number of rotatable bonds is 3. The van der Waals surface area contributed by atoms with Gasteiger partial charge in [0.2, 0.25) is 0 Å². The van der Waals surface area contributed by atoms with Crippen LogP contribution in [-0.2, 0) is 0 Å². The zero-order valence-corrected chi connectivity index (χ0v) is 13.9. The Kier molecular flexibility index (Phi) is 3.88. The molecule has 2 aromatic carbocycles. The molecule has 4 rings (SSSR count). The Morgan fingerprint density at radius 1 is 0.792 bits per heavy atom. The van der Waals surface area contributed by atoms with Crippen molar-refractivity contribution in [2.24, 2.45) is 0 Å². The van der Waals surface area contributed by atoms with Crippen molar-refractivity contribution in [2.45, 2.75) is 13.3 Å². The molecule has 0 amide bonds. The summed E-state index contributed by atoms with van der Waals surface area (Å²) in [6.45, 7) is 2.21. The molecule has 0 radical (unpaired) electrons. The van der Waals surface area contributed by atoms with Crippen LogP contribution in [0.1, 0.15) is 24.5 Å². The summed E-state index contributed by atoms with van der Waals surface area (Å²) < 4.78 is 0. The fraction of sp³-hybridized carbons (Fsp3) is 0.0833. The van der Waals surface area contributed by atoms with Gasteiger partial charge in [-0.25, -0.2) is 0 Å². The second-order valence-electron chi connectivity index (χ2n) is 6.27. The van der Waals surface area contributed by atoms with Crippen molar-refractivity contribution >= 4 is 5.57 Å². The number of hydrogen-bond acceptors (Lipinski definition) is 0. The summed E-state index contributed by atoms with van der Waals surface area (Å²) in [5.41, 5.74) is 9.27.